The Morgan fingerprint density at radius 3 is 2.67 bits per heavy atom. The summed E-state index contributed by atoms with van der Waals surface area (Å²) in [6, 6.07) is 15.9. The van der Waals surface area contributed by atoms with E-state index in [0.717, 1.165) is 16.9 Å². The summed E-state index contributed by atoms with van der Waals surface area (Å²) in [4.78, 5) is 0. The zero-order valence-electron chi connectivity index (χ0n) is 11.7. The smallest absolute Gasteiger partial charge is 0.184 e. The summed E-state index contributed by atoms with van der Waals surface area (Å²) >= 11 is 4.69. The molecule has 0 aliphatic heterocycles. The van der Waals surface area contributed by atoms with Crippen LogP contribution in [0.25, 0.3) is 0 Å². The van der Waals surface area contributed by atoms with E-state index in [1.807, 2.05) is 24.3 Å². The van der Waals surface area contributed by atoms with Crippen LogP contribution >= 0.6 is 12.2 Å². The maximum Gasteiger partial charge on any atom is 0.184 e. The lowest BCUT2D eigenvalue weighted by molar-refractivity contribution is 0.306. The van der Waals surface area contributed by atoms with Gasteiger partial charge in [0.25, 0.3) is 0 Å². The highest BCUT2D eigenvalue weighted by atomic mass is 32.1. The first-order valence-corrected chi connectivity index (χ1v) is 6.92. The first-order chi connectivity index (χ1) is 10.1. The molecule has 0 saturated heterocycles. The first kappa shape index (κ1) is 15.0. The van der Waals surface area contributed by atoms with Crippen molar-refractivity contribution in [2.24, 2.45) is 10.8 Å². The van der Waals surface area contributed by atoms with E-state index in [2.05, 4.69) is 41.7 Å². The van der Waals surface area contributed by atoms with Crippen LogP contribution in [-0.4, -0.2) is 11.3 Å². The average molecular weight is 299 g/mol. The zero-order valence-corrected chi connectivity index (χ0v) is 12.6. The van der Waals surface area contributed by atoms with E-state index in [1.165, 1.54) is 5.56 Å². The topological polar surface area (TPSA) is 59.6 Å². The number of hydrogen-bond donors (Lipinski definition) is 2. The van der Waals surface area contributed by atoms with Crippen LogP contribution < -0.4 is 15.9 Å². The maximum atomic E-state index is 5.84. The molecule has 0 unspecified atom stereocenters. The van der Waals surface area contributed by atoms with E-state index < -0.39 is 0 Å². The van der Waals surface area contributed by atoms with Crippen LogP contribution in [0.4, 0.5) is 0 Å². The van der Waals surface area contributed by atoms with Crippen molar-refractivity contribution < 1.29 is 4.74 Å². The molecule has 0 aliphatic rings. The van der Waals surface area contributed by atoms with E-state index >= 15 is 0 Å². The predicted octanol–water partition coefficient (Wildman–Crippen LogP) is 2.74. The molecule has 0 aromatic heterocycles. The predicted molar refractivity (Wildman–Crippen MR) is 89.5 cm³/mol. The van der Waals surface area contributed by atoms with Gasteiger partial charge in [-0.25, -0.2) is 0 Å². The average Bonchev–Trinajstić information content (AvgIpc) is 2.47. The number of benzene rings is 2. The monoisotopic (exact) mass is 299 g/mol. The molecule has 21 heavy (non-hydrogen) atoms. The fraction of sp³-hybridized carbons (Fsp3) is 0.125. The molecule has 108 valence electrons. The van der Waals surface area contributed by atoms with Gasteiger partial charge >= 0.3 is 0 Å². The van der Waals surface area contributed by atoms with Crippen LogP contribution in [0.3, 0.4) is 0 Å². The van der Waals surface area contributed by atoms with Crippen molar-refractivity contribution in [2.45, 2.75) is 13.5 Å². The molecule has 2 aromatic rings. The van der Waals surface area contributed by atoms with Gasteiger partial charge in [-0.3, -0.25) is 5.43 Å². The van der Waals surface area contributed by atoms with E-state index in [1.54, 1.807) is 6.21 Å². The second-order valence-corrected chi connectivity index (χ2v) is 4.99. The Morgan fingerprint density at radius 2 is 1.95 bits per heavy atom. The van der Waals surface area contributed by atoms with Crippen LogP contribution in [-0.2, 0) is 6.61 Å². The number of nitrogens with one attached hydrogen (secondary N) is 1. The van der Waals surface area contributed by atoms with Crippen LogP contribution in [0.2, 0.25) is 0 Å². The molecule has 0 amide bonds. The Hall–Kier alpha value is -2.40. The van der Waals surface area contributed by atoms with Gasteiger partial charge in [0.1, 0.15) is 12.4 Å². The molecule has 5 heteroatoms. The van der Waals surface area contributed by atoms with Crippen LogP contribution in [0.1, 0.15) is 16.7 Å². The summed E-state index contributed by atoms with van der Waals surface area (Å²) in [5, 5.41) is 4.08. The van der Waals surface area contributed by atoms with Gasteiger partial charge in [-0.1, -0.05) is 42.0 Å². The number of para-hydroxylation sites is 1. The number of nitrogens with two attached hydrogens (primary N) is 1. The molecule has 2 aromatic carbocycles. The minimum atomic E-state index is 0.129. The molecule has 0 bridgehead atoms. The summed E-state index contributed by atoms with van der Waals surface area (Å²) in [7, 11) is 0. The number of aryl methyl sites for hydroxylation is 1. The largest absolute Gasteiger partial charge is 0.488 e. The Morgan fingerprint density at radius 1 is 1.24 bits per heavy atom. The van der Waals surface area contributed by atoms with Gasteiger partial charge in [-0.2, -0.15) is 5.10 Å². The van der Waals surface area contributed by atoms with Crippen molar-refractivity contribution in [3.05, 3.63) is 65.2 Å². The molecule has 0 spiro atoms. The third-order valence-corrected chi connectivity index (χ3v) is 2.90. The van der Waals surface area contributed by atoms with Crippen molar-refractivity contribution in [1.29, 1.82) is 0 Å². The highest BCUT2D eigenvalue weighted by Gasteiger charge is 2.01. The van der Waals surface area contributed by atoms with Crippen molar-refractivity contribution in [2.75, 3.05) is 0 Å². The summed E-state index contributed by atoms with van der Waals surface area (Å²) in [5.41, 5.74) is 11.0. The lowest BCUT2D eigenvalue weighted by Crippen LogP contribution is -2.24. The molecule has 4 nitrogen and oxygen atoms in total. The van der Waals surface area contributed by atoms with E-state index in [0.29, 0.717) is 6.61 Å². The highest BCUT2D eigenvalue weighted by Crippen LogP contribution is 2.17. The molecule has 0 fully saturated rings. The van der Waals surface area contributed by atoms with Gasteiger partial charge in [-0.15, -0.1) is 0 Å². The quantitative estimate of drug-likeness (QED) is 0.506. The number of hydrazone groups is 1. The van der Waals surface area contributed by atoms with Gasteiger partial charge in [0.2, 0.25) is 0 Å². The molecule has 3 N–H and O–H groups in total. The minimum Gasteiger partial charge on any atom is -0.488 e. The molecule has 0 atom stereocenters. The molecule has 0 aliphatic carbocycles. The minimum absolute atomic E-state index is 0.129. The lowest BCUT2D eigenvalue weighted by atomic mass is 10.1. The maximum absolute atomic E-state index is 5.84. The molecular weight excluding hydrogens is 282 g/mol. The number of hydrogen-bond acceptors (Lipinski definition) is 3. The van der Waals surface area contributed by atoms with Gasteiger partial charge in [-0.05, 0) is 36.8 Å². The summed E-state index contributed by atoms with van der Waals surface area (Å²) in [5.74, 6) is 0.756. The zero-order chi connectivity index (χ0) is 15.1. The van der Waals surface area contributed by atoms with Gasteiger partial charge in [0.15, 0.2) is 5.11 Å². The van der Waals surface area contributed by atoms with E-state index in [4.69, 9.17) is 22.7 Å². The van der Waals surface area contributed by atoms with E-state index in [9.17, 15) is 0 Å². The van der Waals surface area contributed by atoms with Crippen molar-refractivity contribution >= 4 is 23.5 Å². The molecule has 0 heterocycles. The van der Waals surface area contributed by atoms with Crippen molar-refractivity contribution in [3.63, 3.8) is 0 Å². The lowest BCUT2D eigenvalue weighted by Gasteiger charge is -2.09. The molecular formula is C16H17N3OS. The Labute approximate surface area is 129 Å². The number of thiocarbonyl (C=S) groups is 1. The van der Waals surface area contributed by atoms with Gasteiger partial charge in [0, 0.05) is 5.56 Å². The summed E-state index contributed by atoms with van der Waals surface area (Å²) in [6.45, 7) is 2.57. The van der Waals surface area contributed by atoms with Crippen molar-refractivity contribution in [3.8, 4) is 5.75 Å². The van der Waals surface area contributed by atoms with Gasteiger partial charge in [0.05, 0.1) is 6.21 Å². The first-order valence-electron chi connectivity index (χ1n) is 6.51. The second-order valence-electron chi connectivity index (χ2n) is 4.55. The molecule has 0 radical (unpaired) electrons. The standard InChI is InChI=1S/C16H17N3OS/c1-12-6-8-13(9-7-12)11-20-15-5-3-2-4-14(15)10-18-19-16(17)21/h2-10H,11H2,1H3,(H3,17,19,21)/b18-10-. The fourth-order valence-electron chi connectivity index (χ4n) is 1.73. The van der Waals surface area contributed by atoms with Crippen LogP contribution in [0.5, 0.6) is 5.75 Å². The van der Waals surface area contributed by atoms with Crippen LogP contribution in [0, 0.1) is 6.92 Å². The Balaban J connectivity index is 2.04. The Bertz CT molecular complexity index is 638. The van der Waals surface area contributed by atoms with E-state index in [-0.39, 0.29) is 5.11 Å². The number of ether oxygens (including phenoxy) is 1. The third-order valence-electron chi connectivity index (χ3n) is 2.81. The SMILES string of the molecule is Cc1ccc(COc2ccccc2/C=N\NC(N)=S)cc1. The highest BCUT2D eigenvalue weighted by molar-refractivity contribution is 7.80. The van der Waals surface area contributed by atoms with Crippen molar-refractivity contribution in [1.82, 2.24) is 5.43 Å². The summed E-state index contributed by atoms with van der Waals surface area (Å²) in [6.07, 6.45) is 1.63. The fourth-order valence-corrected chi connectivity index (χ4v) is 1.78. The second kappa shape index (κ2) is 7.40. The molecule has 2 rings (SSSR count). The number of rotatable bonds is 5. The Kier molecular flexibility index (Phi) is 5.29. The van der Waals surface area contributed by atoms with Gasteiger partial charge < -0.3 is 10.5 Å². The normalized spacial score (nSPS) is 10.5. The number of nitrogens with zero attached hydrogens (tertiary/aromatic N) is 1. The van der Waals surface area contributed by atoms with Crippen LogP contribution in [0.15, 0.2) is 53.6 Å². The third kappa shape index (κ3) is 4.89. The summed E-state index contributed by atoms with van der Waals surface area (Å²) < 4.78 is 5.84. The molecule has 0 saturated carbocycles.